The van der Waals surface area contributed by atoms with E-state index in [4.69, 9.17) is 9.84 Å². The van der Waals surface area contributed by atoms with Gasteiger partial charge >= 0.3 is 18.2 Å². The van der Waals surface area contributed by atoms with E-state index in [-0.39, 0.29) is 19.7 Å². The topological polar surface area (TPSA) is 87.7 Å². The lowest BCUT2D eigenvalue weighted by Crippen LogP contribution is -2.43. The molecule has 6 nitrogen and oxygen atoms in total. The first-order chi connectivity index (χ1) is 8.94. The zero-order chi connectivity index (χ0) is 16.0. The Bertz CT molecular complexity index is 340. The van der Waals surface area contributed by atoms with Crippen LogP contribution >= 0.6 is 0 Å². The minimum atomic E-state index is -4.92. The fraction of sp³-hybridized carbons (Fsp3) is 0.818. The van der Waals surface area contributed by atoms with E-state index in [0.717, 1.165) is 0 Å². The van der Waals surface area contributed by atoms with Gasteiger partial charge in [-0.05, 0) is 5.41 Å². The highest BCUT2D eigenvalue weighted by molar-refractivity contribution is 5.81. The molecule has 0 heterocycles. The van der Waals surface area contributed by atoms with Crippen molar-refractivity contribution in [1.82, 2.24) is 10.6 Å². The number of nitrogens with one attached hydrogen (secondary N) is 2. The summed E-state index contributed by atoms with van der Waals surface area (Å²) in [6.45, 7) is 4.95. The van der Waals surface area contributed by atoms with Gasteiger partial charge in [-0.1, -0.05) is 20.8 Å². The summed E-state index contributed by atoms with van der Waals surface area (Å²) < 4.78 is 41.0. The summed E-state index contributed by atoms with van der Waals surface area (Å²) in [5.74, 6) is -2.03. The number of carboxylic acid groups (broad SMARTS) is 1. The maximum absolute atomic E-state index is 11.9. The van der Waals surface area contributed by atoms with E-state index in [9.17, 15) is 22.8 Å². The van der Waals surface area contributed by atoms with E-state index in [1.165, 1.54) is 0 Å². The highest BCUT2D eigenvalue weighted by Crippen LogP contribution is 2.21. The number of carbonyl (C=O) groups excluding carboxylic acids is 1. The third-order valence-corrected chi connectivity index (χ3v) is 2.37. The minimum Gasteiger partial charge on any atom is -0.465 e. The predicted molar refractivity (Wildman–Crippen MR) is 64.3 cm³/mol. The van der Waals surface area contributed by atoms with Crippen LogP contribution in [0.1, 0.15) is 20.8 Å². The summed E-state index contributed by atoms with van der Waals surface area (Å²) in [7, 11) is 0. The Labute approximate surface area is 114 Å². The Balaban J connectivity index is 4.15. The molecule has 20 heavy (non-hydrogen) atoms. The number of hydrogen-bond donors (Lipinski definition) is 3. The monoisotopic (exact) mass is 300 g/mol. The Kier molecular flexibility index (Phi) is 6.77. The molecule has 0 fully saturated rings. The van der Waals surface area contributed by atoms with E-state index in [1.807, 2.05) is 0 Å². The van der Waals surface area contributed by atoms with Gasteiger partial charge in [0.2, 0.25) is 0 Å². The molecule has 0 spiro atoms. The number of amides is 2. The van der Waals surface area contributed by atoms with Gasteiger partial charge in [0.15, 0.2) is 0 Å². The summed E-state index contributed by atoms with van der Waals surface area (Å²) in [6, 6.07) is 0. The second-order valence-electron chi connectivity index (χ2n) is 5.17. The van der Waals surface area contributed by atoms with Crippen LogP contribution in [0.15, 0.2) is 0 Å². The molecule has 3 N–H and O–H groups in total. The zero-order valence-electron chi connectivity index (χ0n) is 11.5. The van der Waals surface area contributed by atoms with Crippen LogP contribution in [-0.4, -0.2) is 49.1 Å². The van der Waals surface area contributed by atoms with Gasteiger partial charge in [-0.25, -0.2) is 4.79 Å². The van der Waals surface area contributed by atoms with Crippen LogP contribution in [-0.2, 0) is 9.53 Å². The molecule has 0 radical (unpaired) electrons. The molecule has 0 saturated heterocycles. The van der Waals surface area contributed by atoms with Crippen molar-refractivity contribution in [1.29, 1.82) is 0 Å². The molecule has 1 unspecified atom stereocenters. The molecule has 0 aromatic heterocycles. The zero-order valence-corrected chi connectivity index (χ0v) is 11.5. The first kappa shape index (κ1) is 18.5. The fourth-order valence-electron chi connectivity index (χ4n) is 1.26. The molecular formula is C11H19F3N2O4. The van der Waals surface area contributed by atoms with Gasteiger partial charge in [0.25, 0.3) is 0 Å². The molecular weight excluding hydrogens is 281 g/mol. The van der Waals surface area contributed by atoms with Gasteiger partial charge in [-0.15, -0.1) is 0 Å². The Morgan fingerprint density at radius 3 is 2.15 bits per heavy atom. The SMILES string of the molecule is CC(C)(C)C(CNC(=O)O)OCCNC(=O)C(F)(F)F. The molecule has 0 saturated carbocycles. The van der Waals surface area contributed by atoms with Gasteiger partial charge in [0, 0.05) is 13.1 Å². The average molecular weight is 300 g/mol. The van der Waals surface area contributed by atoms with E-state index in [2.05, 4.69) is 5.32 Å². The fourth-order valence-corrected chi connectivity index (χ4v) is 1.26. The quantitative estimate of drug-likeness (QED) is 0.646. The van der Waals surface area contributed by atoms with Crippen LogP contribution in [0.5, 0.6) is 0 Å². The lowest BCUT2D eigenvalue weighted by atomic mass is 9.89. The average Bonchev–Trinajstić information content (AvgIpc) is 2.23. The largest absolute Gasteiger partial charge is 0.471 e. The van der Waals surface area contributed by atoms with Gasteiger partial charge in [0.1, 0.15) is 0 Å². The Hall–Kier alpha value is -1.51. The number of rotatable bonds is 6. The smallest absolute Gasteiger partial charge is 0.465 e. The van der Waals surface area contributed by atoms with Crippen LogP contribution in [0.4, 0.5) is 18.0 Å². The molecule has 0 bridgehead atoms. The second-order valence-corrected chi connectivity index (χ2v) is 5.17. The lowest BCUT2D eigenvalue weighted by molar-refractivity contribution is -0.173. The van der Waals surface area contributed by atoms with Crippen molar-refractivity contribution in [3.05, 3.63) is 0 Å². The summed E-state index contributed by atoms with van der Waals surface area (Å²) in [5, 5.41) is 12.3. The predicted octanol–water partition coefficient (Wildman–Crippen LogP) is 1.36. The molecule has 9 heteroatoms. The molecule has 0 aliphatic carbocycles. The lowest BCUT2D eigenvalue weighted by Gasteiger charge is -2.30. The molecule has 2 amide bonds. The first-order valence-electron chi connectivity index (χ1n) is 5.88. The summed E-state index contributed by atoms with van der Waals surface area (Å²) in [4.78, 5) is 21.0. The Morgan fingerprint density at radius 2 is 1.75 bits per heavy atom. The van der Waals surface area contributed by atoms with Crippen molar-refractivity contribution >= 4 is 12.0 Å². The van der Waals surface area contributed by atoms with Gasteiger partial charge < -0.3 is 20.5 Å². The molecule has 0 aliphatic heterocycles. The van der Waals surface area contributed by atoms with Gasteiger partial charge in [-0.3, -0.25) is 4.79 Å². The number of ether oxygens (including phenoxy) is 1. The van der Waals surface area contributed by atoms with Crippen molar-refractivity contribution in [3.63, 3.8) is 0 Å². The number of halogens is 3. The van der Waals surface area contributed by atoms with Crippen LogP contribution in [0.25, 0.3) is 0 Å². The summed E-state index contributed by atoms with van der Waals surface area (Å²) in [5.41, 5.74) is -0.406. The first-order valence-corrected chi connectivity index (χ1v) is 5.88. The van der Waals surface area contributed by atoms with Gasteiger partial charge in [-0.2, -0.15) is 13.2 Å². The van der Waals surface area contributed by atoms with Crippen molar-refractivity contribution in [2.45, 2.75) is 33.1 Å². The molecule has 0 rings (SSSR count). The molecule has 1 atom stereocenters. The van der Waals surface area contributed by atoms with Crippen LogP contribution in [0.2, 0.25) is 0 Å². The van der Waals surface area contributed by atoms with E-state index < -0.39 is 29.7 Å². The van der Waals surface area contributed by atoms with Crippen molar-refractivity contribution in [3.8, 4) is 0 Å². The van der Waals surface area contributed by atoms with Crippen molar-refractivity contribution < 1.29 is 32.6 Å². The highest BCUT2D eigenvalue weighted by Gasteiger charge is 2.38. The molecule has 0 aromatic rings. The van der Waals surface area contributed by atoms with Crippen LogP contribution in [0, 0.1) is 5.41 Å². The normalized spacial score (nSPS) is 13.7. The van der Waals surface area contributed by atoms with Crippen molar-refractivity contribution in [2.75, 3.05) is 19.7 Å². The van der Waals surface area contributed by atoms with E-state index >= 15 is 0 Å². The number of alkyl halides is 3. The second kappa shape index (κ2) is 7.32. The third kappa shape index (κ3) is 7.82. The van der Waals surface area contributed by atoms with E-state index in [0.29, 0.717) is 0 Å². The molecule has 0 aliphatic rings. The highest BCUT2D eigenvalue weighted by atomic mass is 19.4. The maximum Gasteiger partial charge on any atom is 0.471 e. The third-order valence-electron chi connectivity index (χ3n) is 2.37. The number of hydrogen-bond acceptors (Lipinski definition) is 3. The summed E-state index contributed by atoms with van der Waals surface area (Å²) >= 11 is 0. The van der Waals surface area contributed by atoms with Crippen LogP contribution < -0.4 is 10.6 Å². The van der Waals surface area contributed by atoms with Gasteiger partial charge in [0.05, 0.1) is 12.7 Å². The van der Waals surface area contributed by atoms with E-state index in [1.54, 1.807) is 26.1 Å². The standard InChI is InChI=1S/C11H19F3N2O4/c1-10(2,3)7(6-16-9(18)19)20-5-4-15-8(17)11(12,13)14/h7,16H,4-6H2,1-3H3,(H,15,17)(H,18,19). The van der Waals surface area contributed by atoms with Crippen LogP contribution in [0.3, 0.4) is 0 Å². The van der Waals surface area contributed by atoms with Crippen molar-refractivity contribution in [2.24, 2.45) is 5.41 Å². The molecule has 118 valence electrons. The summed E-state index contributed by atoms with van der Waals surface area (Å²) in [6.07, 6.45) is -6.66. The maximum atomic E-state index is 11.9. The number of carbonyl (C=O) groups is 2. The minimum absolute atomic E-state index is 0.00600. The molecule has 0 aromatic carbocycles. The Morgan fingerprint density at radius 1 is 1.20 bits per heavy atom.